The Morgan fingerprint density at radius 3 is 2.67 bits per heavy atom. The van der Waals surface area contributed by atoms with Crippen LogP contribution in [0.2, 0.25) is 0 Å². The first kappa shape index (κ1) is 17.2. The summed E-state index contributed by atoms with van der Waals surface area (Å²) in [6.07, 6.45) is 1.19. The van der Waals surface area contributed by atoms with Gasteiger partial charge in [-0.25, -0.2) is 0 Å². The van der Waals surface area contributed by atoms with E-state index in [0.717, 1.165) is 17.0 Å². The monoisotopic (exact) mass is 323 g/mol. The Balaban J connectivity index is 2.23. The molecule has 1 aliphatic heterocycles. The molecule has 2 rings (SSSR count). The van der Waals surface area contributed by atoms with Gasteiger partial charge in [-0.2, -0.15) is 23.5 Å². The summed E-state index contributed by atoms with van der Waals surface area (Å²) in [4.78, 5) is 0. The van der Waals surface area contributed by atoms with Gasteiger partial charge in [0.05, 0.1) is 0 Å². The van der Waals surface area contributed by atoms with Crippen LogP contribution in [0.5, 0.6) is 0 Å². The fraction of sp³-hybridized carbons (Fsp3) is 0.667. The molecule has 1 aromatic rings. The van der Waals surface area contributed by atoms with Crippen molar-refractivity contribution in [2.45, 2.75) is 62.8 Å². The Morgan fingerprint density at radius 2 is 2.00 bits per heavy atom. The molecule has 0 aliphatic carbocycles. The van der Waals surface area contributed by atoms with Crippen LogP contribution in [0.4, 0.5) is 0 Å². The summed E-state index contributed by atoms with van der Waals surface area (Å²) < 4.78 is 0. The minimum atomic E-state index is 0.484. The molecule has 4 atom stereocenters. The zero-order valence-corrected chi connectivity index (χ0v) is 15.6. The molecule has 0 radical (unpaired) electrons. The molecule has 1 aromatic carbocycles. The zero-order chi connectivity index (χ0) is 15.4. The Labute approximate surface area is 139 Å². The second-order valence-electron chi connectivity index (χ2n) is 6.21. The lowest BCUT2D eigenvalue weighted by Crippen LogP contribution is -2.37. The predicted octanol–water partition coefficient (Wildman–Crippen LogP) is 4.97. The predicted molar refractivity (Wildman–Crippen MR) is 99.7 cm³/mol. The van der Waals surface area contributed by atoms with Crippen molar-refractivity contribution in [3.05, 3.63) is 34.9 Å². The molecule has 0 bridgehead atoms. The van der Waals surface area contributed by atoms with Gasteiger partial charge in [0.15, 0.2) is 0 Å². The van der Waals surface area contributed by atoms with E-state index in [1.807, 2.05) is 0 Å². The molecule has 1 heterocycles. The maximum atomic E-state index is 3.82. The van der Waals surface area contributed by atoms with Gasteiger partial charge in [-0.1, -0.05) is 44.5 Å². The van der Waals surface area contributed by atoms with Crippen molar-refractivity contribution in [2.24, 2.45) is 0 Å². The molecule has 4 unspecified atom stereocenters. The van der Waals surface area contributed by atoms with Crippen molar-refractivity contribution >= 4 is 23.5 Å². The Bertz CT molecular complexity index is 461. The van der Waals surface area contributed by atoms with Crippen LogP contribution in [0.25, 0.3) is 0 Å². The number of hydrogen-bond acceptors (Lipinski definition) is 3. The minimum absolute atomic E-state index is 0.484. The van der Waals surface area contributed by atoms with E-state index in [1.54, 1.807) is 0 Å². The summed E-state index contributed by atoms with van der Waals surface area (Å²) in [5.74, 6) is 1.25. The summed E-state index contributed by atoms with van der Waals surface area (Å²) in [7, 11) is 0. The molecule has 1 fully saturated rings. The molecule has 0 aromatic heterocycles. The smallest absolute Gasteiger partial charge is 0.0451 e. The first-order chi connectivity index (χ1) is 10.0. The summed E-state index contributed by atoms with van der Waals surface area (Å²) in [6.45, 7) is 12.6. The fourth-order valence-electron chi connectivity index (χ4n) is 2.82. The number of thioether (sulfide) groups is 2. The van der Waals surface area contributed by atoms with Crippen LogP contribution in [0.1, 0.15) is 49.9 Å². The van der Waals surface area contributed by atoms with E-state index in [4.69, 9.17) is 0 Å². The van der Waals surface area contributed by atoms with Gasteiger partial charge < -0.3 is 5.32 Å². The van der Waals surface area contributed by atoms with Gasteiger partial charge in [0.2, 0.25) is 0 Å². The lowest BCUT2D eigenvalue weighted by atomic mass is 9.96. The van der Waals surface area contributed by atoms with Gasteiger partial charge in [-0.15, -0.1) is 0 Å². The number of benzene rings is 1. The summed E-state index contributed by atoms with van der Waals surface area (Å²) in [5.41, 5.74) is 4.29. The number of nitrogens with one attached hydrogen (secondary N) is 1. The molecule has 1 N–H and O–H groups in total. The first-order valence-electron chi connectivity index (χ1n) is 8.10. The lowest BCUT2D eigenvalue weighted by Gasteiger charge is -2.37. The number of hydrogen-bond donors (Lipinski definition) is 1. The SMILES string of the molecule is CCCNC(c1cc(C)ccc1C)C1CSC(C)C(C)S1. The van der Waals surface area contributed by atoms with Crippen LogP contribution in [-0.4, -0.2) is 28.0 Å². The molecular formula is C18H29NS2. The van der Waals surface area contributed by atoms with E-state index in [2.05, 4.69) is 81.7 Å². The zero-order valence-electron chi connectivity index (χ0n) is 14.0. The summed E-state index contributed by atoms with van der Waals surface area (Å²) >= 11 is 4.32. The maximum Gasteiger partial charge on any atom is 0.0451 e. The van der Waals surface area contributed by atoms with Crippen molar-refractivity contribution < 1.29 is 0 Å². The molecule has 0 saturated carbocycles. The second kappa shape index (κ2) is 7.94. The van der Waals surface area contributed by atoms with Crippen molar-refractivity contribution in [1.82, 2.24) is 5.32 Å². The van der Waals surface area contributed by atoms with E-state index in [9.17, 15) is 0 Å². The molecule has 21 heavy (non-hydrogen) atoms. The molecular weight excluding hydrogens is 294 g/mol. The molecule has 0 amide bonds. The van der Waals surface area contributed by atoms with E-state index < -0.39 is 0 Å². The molecule has 1 saturated heterocycles. The average molecular weight is 324 g/mol. The second-order valence-corrected chi connectivity index (χ2v) is 9.24. The molecule has 118 valence electrons. The highest BCUT2D eigenvalue weighted by Gasteiger charge is 2.32. The van der Waals surface area contributed by atoms with Crippen molar-refractivity contribution in [2.75, 3.05) is 12.3 Å². The van der Waals surface area contributed by atoms with Crippen LogP contribution in [0, 0.1) is 13.8 Å². The normalized spacial score (nSPS) is 27.6. The van der Waals surface area contributed by atoms with E-state index in [0.29, 0.717) is 11.3 Å². The van der Waals surface area contributed by atoms with Crippen LogP contribution in [0.3, 0.4) is 0 Å². The van der Waals surface area contributed by atoms with Crippen molar-refractivity contribution in [3.63, 3.8) is 0 Å². The van der Waals surface area contributed by atoms with Gasteiger partial charge >= 0.3 is 0 Å². The highest BCUT2D eigenvalue weighted by atomic mass is 32.2. The quantitative estimate of drug-likeness (QED) is 0.821. The Hall–Kier alpha value is -0.120. The summed E-state index contributed by atoms with van der Waals surface area (Å²) in [5, 5.41) is 6.01. The third kappa shape index (κ3) is 4.43. The van der Waals surface area contributed by atoms with Gasteiger partial charge in [0, 0.05) is 27.5 Å². The average Bonchev–Trinajstić information content (AvgIpc) is 2.46. The van der Waals surface area contributed by atoms with Crippen molar-refractivity contribution in [3.8, 4) is 0 Å². The standard InChI is InChI=1S/C18H29NS2/c1-6-9-19-18(16-10-12(2)7-8-13(16)3)17-11-20-14(4)15(5)21-17/h7-8,10,14-15,17-19H,6,9,11H2,1-5H3. The number of aryl methyl sites for hydroxylation is 2. The first-order valence-corrected chi connectivity index (χ1v) is 10.1. The Kier molecular flexibility index (Phi) is 6.51. The highest BCUT2D eigenvalue weighted by molar-refractivity contribution is 8.07. The minimum Gasteiger partial charge on any atom is -0.309 e. The van der Waals surface area contributed by atoms with Crippen LogP contribution in [0.15, 0.2) is 18.2 Å². The van der Waals surface area contributed by atoms with E-state index >= 15 is 0 Å². The number of rotatable bonds is 5. The van der Waals surface area contributed by atoms with Gasteiger partial charge in [-0.3, -0.25) is 0 Å². The van der Waals surface area contributed by atoms with Crippen molar-refractivity contribution in [1.29, 1.82) is 0 Å². The van der Waals surface area contributed by atoms with Crippen LogP contribution < -0.4 is 5.32 Å². The summed E-state index contributed by atoms with van der Waals surface area (Å²) in [6, 6.07) is 7.37. The maximum absolute atomic E-state index is 3.82. The van der Waals surface area contributed by atoms with Crippen LogP contribution >= 0.6 is 23.5 Å². The molecule has 1 aliphatic rings. The van der Waals surface area contributed by atoms with E-state index in [1.165, 1.54) is 28.9 Å². The van der Waals surface area contributed by atoms with E-state index in [-0.39, 0.29) is 0 Å². The third-order valence-electron chi connectivity index (χ3n) is 4.33. The topological polar surface area (TPSA) is 12.0 Å². The van der Waals surface area contributed by atoms with Gasteiger partial charge in [0.1, 0.15) is 0 Å². The molecule has 3 heteroatoms. The molecule has 0 spiro atoms. The van der Waals surface area contributed by atoms with Gasteiger partial charge in [-0.05, 0) is 37.9 Å². The largest absolute Gasteiger partial charge is 0.309 e. The third-order valence-corrected chi connectivity index (χ3v) is 7.82. The van der Waals surface area contributed by atoms with Crippen LogP contribution in [-0.2, 0) is 0 Å². The van der Waals surface area contributed by atoms with Gasteiger partial charge in [0.25, 0.3) is 0 Å². The highest BCUT2D eigenvalue weighted by Crippen LogP contribution is 2.41. The fourth-order valence-corrected chi connectivity index (χ4v) is 5.93. The molecule has 1 nitrogen and oxygen atoms in total. The lowest BCUT2D eigenvalue weighted by molar-refractivity contribution is 0.525. The Morgan fingerprint density at radius 1 is 1.24 bits per heavy atom.